The van der Waals surface area contributed by atoms with E-state index in [1.165, 1.54) is 18.0 Å². The molecule has 30 heavy (non-hydrogen) atoms. The molecule has 1 fully saturated rings. The molecule has 1 aliphatic rings. The second-order valence-electron chi connectivity index (χ2n) is 8.18. The van der Waals surface area contributed by atoms with E-state index in [-0.39, 0.29) is 60.0 Å². The smallest absolute Gasteiger partial charge is 0.276 e. The van der Waals surface area contributed by atoms with E-state index in [1.807, 2.05) is 18.2 Å². The number of rotatable bonds is 4. The summed E-state index contributed by atoms with van der Waals surface area (Å²) in [5.41, 5.74) is 6.71. The van der Waals surface area contributed by atoms with Crippen LogP contribution >= 0.6 is 24.8 Å². The first-order chi connectivity index (χ1) is 13.3. The van der Waals surface area contributed by atoms with Crippen molar-refractivity contribution in [1.29, 1.82) is 0 Å². The van der Waals surface area contributed by atoms with Gasteiger partial charge in [-0.25, -0.2) is 9.97 Å². The highest BCUT2D eigenvalue weighted by Gasteiger charge is 2.37. The standard InChI is InChI=1S/C21H27N5O2.2ClH/c1-21(2,3)20(28)25-18-17(23-9-10-24-18)19(27)26-12-15(11-22)16(13-26)14-7-5-4-6-8-14;;/h4-10,15-16H,11-13,22H2,1-3H3,(H,24,25,28);2*1H/t15-,16+;;/m1../s1. The largest absolute Gasteiger partial charge is 0.336 e. The summed E-state index contributed by atoms with van der Waals surface area (Å²) in [7, 11) is 0. The molecule has 1 saturated heterocycles. The third-order valence-electron chi connectivity index (χ3n) is 5.07. The van der Waals surface area contributed by atoms with Gasteiger partial charge in [-0.1, -0.05) is 51.1 Å². The maximum atomic E-state index is 13.2. The summed E-state index contributed by atoms with van der Waals surface area (Å²) in [5.74, 6) is 0.0922. The summed E-state index contributed by atoms with van der Waals surface area (Å²) < 4.78 is 0. The van der Waals surface area contributed by atoms with Gasteiger partial charge in [0.05, 0.1) is 0 Å². The molecule has 9 heteroatoms. The van der Waals surface area contributed by atoms with Gasteiger partial charge in [0.1, 0.15) is 0 Å². The number of hydrogen-bond donors (Lipinski definition) is 2. The van der Waals surface area contributed by atoms with Crippen molar-refractivity contribution in [2.24, 2.45) is 17.1 Å². The second-order valence-corrected chi connectivity index (χ2v) is 8.18. The van der Waals surface area contributed by atoms with E-state index in [9.17, 15) is 9.59 Å². The van der Waals surface area contributed by atoms with Crippen LogP contribution in [0.2, 0.25) is 0 Å². The van der Waals surface area contributed by atoms with Gasteiger partial charge in [0.15, 0.2) is 11.5 Å². The molecule has 164 valence electrons. The van der Waals surface area contributed by atoms with Crippen molar-refractivity contribution >= 4 is 42.4 Å². The highest BCUT2D eigenvalue weighted by Crippen LogP contribution is 2.33. The van der Waals surface area contributed by atoms with Crippen LogP contribution in [0.15, 0.2) is 42.7 Å². The van der Waals surface area contributed by atoms with Crippen LogP contribution in [0.25, 0.3) is 0 Å². The molecule has 0 saturated carbocycles. The molecule has 2 heterocycles. The van der Waals surface area contributed by atoms with Crippen LogP contribution in [0.5, 0.6) is 0 Å². The molecule has 2 aromatic rings. The molecular weight excluding hydrogens is 425 g/mol. The molecule has 2 amide bonds. The van der Waals surface area contributed by atoms with Crippen LogP contribution in [0, 0.1) is 11.3 Å². The highest BCUT2D eigenvalue weighted by molar-refractivity contribution is 6.02. The lowest BCUT2D eigenvalue weighted by atomic mass is 9.89. The number of anilines is 1. The molecule has 2 atom stereocenters. The van der Waals surface area contributed by atoms with Gasteiger partial charge in [-0.2, -0.15) is 0 Å². The number of likely N-dealkylation sites (tertiary alicyclic amines) is 1. The normalized spacial score (nSPS) is 18.2. The van der Waals surface area contributed by atoms with Crippen LogP contribution in [0.4, 0.5) is 5.82 Å². The summed E-state index contributed by atoms with van der Waals surface area (Å²) >= 11 is 0. The minimum atomic E-state index is -0.603. The molecular formula is C21H29Cl2N5O2. The van der Waals surface area contributed by atoms with Crippen molar-refractivity contribution in [2.75, 3.05) is 25.0 Å². The monoisotopic (exact) mass is 453 g/mol. The summed E-state index contributed by atoms with van der Waals surface area (Å²) in [6.07, 6.45) is 2.93. The van der Waals surface area contributed by atoms with E-state index in [0.717, 1.165) is 0 Å². The molecule has 1 aromatic carbocycles. The van der Waals surface area contributed by atoms with Crippen molar-refractivity contribution in [3.8, 4) is 0 Å². The minimum Gasteiger partial charge on any atom is -0.336 e. The van der Waals surface area contributed by atoms with E-state index in [2.05, 4.69) is 27.4 Å². The van der Waals surface area contributed by atoms with Gasteiger partial charge in [-0.15, -0.1) is 24.8 Å². The van der Waals surface area contributed by atoms with Gasteiger partial charge in [0.2, 0.25) is 5.91 Å². The topological polar surface area (TPSA) is 101 Å². The molecule has 0 bridgehead atoms. The maximum absolute atomic E-state index is 13.2. The highest BCUT2D eigenvalue weighted by atomic mass is 35.5. The number of benzene rings is 1. The Morgan fingerprint density at radius 3 is 2.33 bits per heavy atom. The van der Waals surface area contributed by atoms with Crippen LogP contribution in [-0.4, -0.2) is 46.3 Å². The minimum absolute atomic E-state index is 0. The number of amides is 2. The second kappa shape index (κ2) is 10.7. The predicted molar refractivity (Wildman–Crippen MR) is 122 cm³/mol. The zero-order chi connectivity index (χ0) is 20.3. The third kappa shape index (κ3) is 5.68. The first-order valence-corrected chi connectivity index (χ1v) is 9.48. The first kappa shape index (κ1) is 25.8. The Labute approximate surface area is 189 Å². The number of carbonyl (C=O) groups excluding carboxylic acids is 2. The van der Waals surface area contributed by atoms with Crippen molar-refractivity contribution < 1.29 is 9.59 Å². The van der Waals surface area contributed by atoms with Gasteiger partial charge in [-0.05, 0) is 18.0 Å². The van der Waals surface area contributed by atoms with E-state index in [1.54, 1.807) is 25.7 Å². The number of halogens is 2. The Morgan fingerprint density at radius 2 is 1.73 bits per heavy atom. The van der Waals surface area contributed by atoms with E-state index in [0.29, 0.717) is 19.6 Å². The zero-order valence-corrected chi connectivity index (χ0v) is 19.0. The Morgan fingerprint density at radius 1 is 1.10 bits per heavy atom. The fourth-order valence-electron chi connectivity index (χ4n) is 3.38. The van der Waals surface area contributed by atoms with Gasteiger partial charge in [0, 0.05) is 36.8 Å². The average molecular weight is 454 g/mol. The van der Waals surface area contributed by atoms with Crippen LogP contribution < -0.4 is 11.1 Å². The average Bonchev–Trinajstić information content (AvgIpc) is 3.12. The van der Waals surface area contributed by atoms with E-state index >= 15 is 0 Å². The van der Waals surface area contributed by atoms with E-state index in [4.69, 9.17) is 5.73 Å². The molecule has 0 radical (unpaired) electrons. The lowest BCUT2D eigenvalue weighted by Crippen LogP contribution is -2.33. The van der Waals surface area contributed by atoms with Crippen LogP contribution in [0.3, 0.4) is 0 Å². The first-order valence-electron chi connectivity index (χ1n) is 9.48. The fourth-order valence-corrected chi connectivity index (χ4v) is 3.38. The van der Waals surface area contributed by atoms with Gasteiger partial charge < -0.3 is 16.0 Å². The third-order valence-corrected chi connectivity index (χ3v) is 5.07. The van der Waals surface area contributed by atoms with E-state index < -0.39 is 5.41 Å². The summed E-state index contributed by atoms with van der Waals surface area (Å²) in [6.45, 7) is 7.02. The van der Waals surface area contributed by atoms with Gasteiger partial charge >= 0.3 is 0 Å². The SMILES string of the molecule is CC(C)(C)C(=O)Nc1nccnc1C(=O)N1C[C@@H](CN)[C@H](c2ccccc2)C1.Cl.Cl. The number of aromatic nitrogens is 2. The lowest BCUT2D eigenvalue weighted by molar-refractivity contribution is -0.123. The predicted octanol–water partition coefficient (Wildman–Crippen LogP) is 3.12. The lowest BCUT2D eigenvalue weighted by Gasteiger charge is -2.20. The molecule has 0 spiro atoms. The van der Waals surface area contributed by atoms with Crippen LogP contribution in [0.1, 0.15) is 42.7 Å². The van der Waals surface area contributed by atoms with Crippen LogP contribution in [-0.2, 0) is 4.79 Å². The summed E-state index contributed by atoms with van der Waals surface area (Å²) in [6, 6.07) is 10.1. The quantitative estimate of drug-likeness (QED) is 0.739. The van der Waals surface area contributed by atoms with Crippen molar-refractivity contribution in [2.45, 2.75) is 26.7 Å². The summed E-state index contributed by atoms with van der Waals surface area (Å²) in [5, 5.41) is 2.74. The molecule has 0 aliphatic carbocycles. The Hall–Kier alpha value is -2.22. The molecule has 7 nitrogen and oxygen atoms in total. The summed E-state index contributed by atoms with van der Waals surface area (Å²) in [4.78, 5) is 35.7. The molecule has 1 aliphatic heterocycles. The number of nitrogens with two attached hydrogens (primary N) is 1. The molecule has 3 N–H and O–H groups in total. The molecule has 1 aromatic heterocycles. The van der Waals surface area contributed by atoms with Crippen molar-refractivity contribution in [1.82, 2.24) is 14.9 Å². The molecule has 0 unspecified atom stereocenters. The number of hydrogen-bond acceptors (Lipinski definition) is 5. The number of nitrogens with zero attached hydrogens (tertiary/aromatic N) is 3. The van der Waals surface area contributed by atoms with Gasteiger partial charge in [-0.3, -0.25) is 9.59 Å². The number of carbonyl (C=O) groups is 2. The Kier molecular flexibility index (Phi) is 9.21. The Balaban J connectivity index is 0.00000225. The maximum Gasteiger partial charge on any atom is 0.276 e. The Bertz CT molecular complexity index is 858. The van der Waals surface area contributed by atoms with Crippen molar-refractivity contribution in [3.63, 3.8) is 0 Å². The van der Waals surface area contributed by atoms with Gasteiger partial charge in [0.25, 0.3) is 5.91 Å². The fraction of sp³-hybridized carbons (Fsp3) is 0.429. The molecule has 3 rings (SSSR count). The van der Waals surface area contributed by atoms with Crippen molar-refractivity contribution in [3.05, 3.63) is 54.0 Å². The number of nitrogens with one attached hydrogen (secondary N) is 1. The zero-order valence-electron chi connectivity index (χ0n) is 17.4.